The monoisotopic (exact) mass is 151 g/mol. The van der Waals surface area contributed by atoms with Crippen LogP contribution < -0.4 is 5.73 Å². The minimum absolute atomic E-state index is 0.253. The van der Waals surface area contributed by atoms with E-state index in [4.69, 9.17) is 5.73 Å². The van der Waals surface area contributed by atoms with Crippen molar-refractivity contribution in [2.75, 3.05) is 0 Å². The molecule has 0 saturated carbocycles. The number of benzene rings is 1. The summed E-state index contributed by atoms with van der Waals surface area (Å²) in [6.45, 7) is 3.98. The van der Waals surface area contributed by atoms with Crippen molar-refractivity contribution in [2.45, 2.75) is 6.54 Å². The lowest BCUT2D eigenvalue weighted by molar-refractivity contribution is 0.626. The molecule has 11 heavy (non-hydrogen) atoms. The maximum Gasteiger partial charge on any atom is 0.123 e. The van der Waals surface area contributed by atoms with E-state index in [0.29, 0.717) is 6.54 Å². The van der Waals surface area contributed by atoms with Crippen LogP contribution in [-0.2, 0) is 6.54 Å². The molecule has 0 unspecified atom stereocenters. The fourth-order valence-electron chi connectivity index (χ4n) is 0.942. The summed E-state index contributed by atoms with van der Waals surface area (Å²) in [6.07, 6.45) is 1.60. The molecule has 0 radical (unpaired) electrons. The lowest BCUT2D eigenvalue weighted by Gasteiger charge is -2.01. The van der Waals surface area contributed by atoms with Crippen molar-refractivity contribution in [1.82, 2.24) is 0 Å². The second kappa shape index (κ2) is 3.30. The topological polar surface area (TPSA) is 26.0 Å². The third-order valence-electron chi connectivity index (χ3n) is 1.55. The normalized spacial score (nSPS) is 9.64. The van der Waals surface area contributed by atoms with Crippen LogP contribution in [0.15, 0.2) is 24.8 Å². The van der Waals surface area contributed by atoms with Gasteiger partial charge in [0.15, 0.2) is 0 Å². The van der Waals surface area contributed by atoms with Gasteiger partial charge in [-0.2, -0.15) is 0 Å². The van der Waals surface area contributed by atoms with Crippen molar-refractivity contribution in [1.29, 1.82) is 0 Å². The van der Waals surface area contributed by atoms with E-state index in [9.17, 15) is 4.39 Å². The Morgan fingerprint density at radius 1 is 1.55 bits per heavy atom. The first kappa shape index (κ1) is 7.95. The summed E-state index contributed by atoms with van der Waals surface area (Å²) in [7, 11) is 0. The maximum atomic E-state index is 12.6. The molecule has 0 aliphatic rings. The molecule has 1 aromatic carbocycles. The Labute approximate surface area is 65.3 Å². The van der Waals surface area contributed by atoms with Gasteiger partial charge in [-0.3, -0.25) is 0 Å². The van der Waals surface area contributed by atoms with Gasteiger partial charge >= 0.3 is 0 Å². The van der Waals surface area contributed by atoms with Gasteiger partial charge in [0.05, 0.1) is 0 Å². The SMILES string of the molecule is C=Cc1cc(F)ccc1CN. The Bertz CT molecular complexity index is 268. The molecule has 0 aromatic heterocycles. The molecule has 1 nitrogen and oxygen atoms in total. The predicted octanol–water partition coefficient (Wildman–Crippen LogP) is 1.93. The van der Waals surface area contributed by atoms with Gasteiger partial charge in [0.25, 0.3) is 0 Å². The van der Waals surface area contributed by atoms with Gasteiger partial charge in [0.2, 0.25) is 0 Å². The number of hydrogen-bond acceptors (Lipinski definition) is 1. The molecule has 0 aliphatic carbocycles. The Hall–Kier alpha value is -1.15. The summed E-state index contributed by atoms with van der Waals surface area (Å²) in [5, 5.41) is 0. The van der Waals surface area contributed by atoms with Crippen LogP contribution in [0.4, 0.5) is 4.39 Å². The van der Waals surface area contributed by atoms with Crippen LogP contribution in [-0.4, -0.2) is 0 Å². The fraction of sp³-hybridized carbons (Fsp3) is 0.111. The minimum Gasteiger partial charge on any atom is -0.326 e. The summed E-state index contributed by atoms with van der Waals surface area (Å²) in [5.74, 6) is -0.253. The van der Waals surface area contributed by atoms with Crippen LogP contribution in [0.2, 0.25) is 0 Å². The Morgan fingerprint density at radius 2 is 2.27 bits per heavy atom. The van der Waals surface area contributed by atoms with Crippen LogP contribution in [0.1, 0.15) is 11.1 Å². The van der Waals surface area contributed by atoms with E-state index in [-0.39, 0.29) is 5.82 Å². The Kier molecular flexibility index (Phi) is 2.39. The average Bonchev–Trinajstić information content (AvgIpc) is 2.04. The highest BCUT2D eigenvalue weighted by Crippen LogP contribution is 2.11. The molecule has 0 amide bonds. The summed E-state index contributed by atoms with van der Waals surface area (Å²) in [4.78, 5) is 0. The number of hydrogen-bond donors (Lipinski definition) is 1. The van der Waals surface area contributed by atoms with E-state index >= 15 is 0 Å². The largest absolute Gasteiger partial charge is 0.326 e. The maximum absolute atomic E-state index is 12.6. The van der Waals surface area contributed by atoms with Crippen LogP contribution in [0, 0.1) is 5.82 Å². The molecule has 0 saturated heterocycles. The highest BCUT2D eigenvalue weighted by molar-refractivity contribution is 5.51. The zero-order valence-corrected chi connectivity index (χ0v) is 6.18. The molecule has 0 bridgehead atoms. The summed E-state index contributed by atoms with van der Waals surface area (Å²) in [5.41, 5.74) is 7.09. The molecule has 0 heterocycles. The van der Waals surface area contributed by atoms with Crippen molar-refractivity contribution in [3.8, 4) is 0 Å². The quantitative estimate of drug-likeness (QED) is 0.686. The summed E-state index contributed by atoms with van der Waals surface area (Å²) >= 11 is 0. The van der Waals surface area contributed by atoms with Crippen molar-refractivity contribution < 1.29 is 4.39 Å². The van der Waals surface area contributed by atoms with Crippen molar-refractivity contribution in [2.24, 2.45) is 5.73 Å². The minimum atomic E-state index is -0.253. The van der Waals surface area contributed by atoms with Crippen LogP contribution >= 0.6 is 0 Å². The average molecular weight is 151 g/mol. The number of nitrogens with two attached hydrogens (primary N) is 1. The van der Waals surface area contributed by atoms with Crippen LogP contribution in [0.25, 0.3) is 6.08 Å². The van der Waals surface area contributed by atoms with Gasteiger partial charge in [-0.25, -0.2) is 4.39 Å². The summed E-state index contributed by atoms with van der Waals surface area (Å²) < 4.78 is 12.6. The molecular formula is C9H10FN. The second-order valence-electron chi connectivity index (χ2n) is 2.25. The standard InChI is InChI=1S/C9H10FN/c1-2-7-5-9(10)4-3-8(7)6-11/h2-5H,1,6,11H2. The van der Waals surface area contributed by atoms with E-state index < -0.39 is 0 Å². The van der Waals surface area contributed by atoms with Gasteiger partial charge in [-0.05, 0) is 23.3 Å². The highest BCUT2D eigenvalue weighted by atomic mass is 19.1. The van der Waals surface area contributed by atoms with E-state index in [1.807, 2.05) is 0 Å². The number of rotatable bonds is 2. The zero-order valence-electron chi connectivity index (χ0n) is 6.18. The van der Waals surface area contributed by atoms with E-state index in [1.54, 1.807) is 12.1 Å². The third-order valence-corrected chi connectivity index (χ3v) is 1.55. The molecule has 2 heteroatoms. The molecule has 0 atom stereocenters. The zero-order chi connectivity index (χ0) is 8.27. The van der Waals surface area contributed by atoms with Gasteiger partial charge in [0, 0.05) is 6.54 Å². The lowest BCUT2D eigenvalue weighted by Crippen LogP contribution is -1.98. The Morgan fingerprint density at radius 3 is 2.82 bits per heavy atom. The number of halogens is 1. The van der Waals surface area contributed by atoms with Crippen LogP contribution in [0.5, 0.6) is 0 Å². The van der Waals surface area contributed by atoms with E-state index in [0.717, 1.165) is 11.1 Å². The lowest BCUT2D eigenvalue weighted by atomic mass is 10.1. The van der Waals surface area contributed by atoms with Gasteiger partial charge < -0.3 is 5.73 Å². The summed E-state index contributed by atoms with van der Waals surface area (Å²) in [6, 6.07) is 4.50. The predicted molar refractivity (Wildman–Crippen MR) is 44.4 cm³/mol. The molecule has 0 aliphatic heterocycles. The van der Waals surface area contributed by atoms with E-state index in [1.165, 1.54) is 12.1 Å². The smallest absolute Gasteiger partial charge is 0.123 e. The van der Waals surface area contributed by atoms with Crippen molar-refractivity contribution in [3.63, 3.8) is 0 Å². The second-order valence-corrected chi connectivity index (χ2v) is 2.25. The first-order chi connectivity index (χ1) is 5.27. The molecule has 0 spiro atoms. The molecular weight excluding hydrogens is 141 g/mol. The molecule has 2 N–H and O–H groups in total. The first-order valence-electron chi connectivity index (χ1n) is 3.39. The van der Waals surface area contributed by atoms with E-state index in [2.05, 4.69) is 6.58 Å². The van der Waals surface area contributed by atoms with Crippen LogP contribution in [0.3, 0.4) is 0 Å². The van der Waals surface area contributed by atoms with Gasteiger partial charge in [0.1, 0.15) is 5.82 Å². The van der Waals surface area contributed by atoms with Gasteiger partial charge in [-0.15, -0.1) is 0 Å². The van der Waals surface area contributed by atoms with Crippen molar-refractivity contribution >= 4 is 6.08 Å². The molecule has 1 aromatic rings. The Balaban J connectivity index is 3.16. The first-order valence-corrected chi connectivity index (χ1v) is 3.39. The fourth-order valence-corrected chi connectivity index (χ4v) is 0.942. The highest BCUT2D eigenvalue weighted by Gasteiger charge is 1.97. The third kappa shape index (κ3) is 1.65. The van der Waals surface area contributed by atoms with Crippen molar-refractivity contribution in [3.05, 3.63) is 41.7 Å². The molecule has 0 fully saturated rings. The molecule has 1 rings (SSSR count). The molecule has 58 valence electrons. The van der Waals surface area contributed by atoms with Gasteiger partial charge in [-0.1, -0.05) is 18.7 Å².